The molecule has 58 heavy (non-hydrogen) atoms. The van der Waals surface area contributed by atoms with Crippen molar-refractivity contribution < 1.29 is 50.6 Å². The Kier molecular flexibility index (Phi) is 11.7. The molecule has 1 saturated heterocycles. The Balaban J connectivity index is 1.41. The Hall–Kier alpha value is -4.26. The molecular formula is C39H51F3N6O8S2. The van der Waals surface area contributed by atoms with Gasteiger partial charge in [-0.25, -0.2) is 18.2 Å². The zero-order valence-corrected chi connectivity index (χ0v) is 35.0. The molecule has 2 saturated carbocycles. The van der Waals surface area contributed by atoms with Gasteiger partial charge in [0.05, 0.1) is 11.3 Å². The van der Waals surface area contributed by atoms with Gasteiger partial charge >= 0.3 is 12.3 Å². The van der Waals surface area contributed by atoms with E-state index < -0.39 is 85.9 Å². The SMILES string of the molecule is CC[C@@H]1C[C@H](C)CCC=C[C@@H]2C[C@@]2(C(=O)NS(=O)(=O)C2(C)CC2)NC(=O)[C@@H]2C[C@@H](Oc3ccnc(-c4nc(C)cs4)c3)CN2C(=O)[C@H]1N(C(=O)O)C(C)(C)C(F)(F)F. The van der Waals surface area contributed by atoms with E-state index in [1.165, 1.54) is 24.5 Å². The zero-order chi connectivity index (χ0) is 42.6. The molecule has 318 valence electrons. The van der Waals surface area contributed by atoms with E-state index in [4.69, 9.17) is 4.74 Å². The summed E-state index contributed by atoms with van der Waals surface area (Å²) in [4.78, 5) is 66.7. The standard InChI is InChI=1S/C39H51F3N6O8S2/c1-7-24-16-22(2)10-8-9-11-25-19-38(25,34(51)46-58(54,55)37(6)13-14-37)45-31(49)29-18-27(56-26-12-15-43-28(17-26)32-44-23(3)21-57-32)20-47(29)33(50)30(24)48(35(52)53)36(4,5)39(40,41)42/h9,11-12,15,17,21-22,24-25,27,29-30H,7-8,10,13-14,16,18-20H2,1-6H3,(H,45,49)(H,46,51)(H,52,53)/t22-,24-,25-,27-,29+,30+,38-/m1/s1. The second-order valence-electron chi connectivity index (χ2n) is 17.0. The molecule has 0 radical (unpaired) electrons. The van der Waals surface area contributed by atoms with Crippen molar-refractivity contribution in [3.63, 3.8) is 0 Å². The number of pyridine rings is 1. The fourth-order valence-electron chi connectivity index (χ4n) is 8.04. The number of aryl methyl sites for hydroxylation is 1. The van der Waals surface area contributed by atoms with Crippen LogP contribution >= 0.6 is 11.3 Å². The predicted octanol–water partition coefficient (Wildman–Crippen LogP) is 5.83. The normalized spacial score (nSPS) is 28.9. The zero-order valence-electron chi connectivity index (χ0n) is 33.3. The summed E-state index contributed by atoms with van der Waals surface area (Å²) in [5, 5.41) is 15.7. The van der Waals surface area contributed by atoms with Crippen molar-refractivity contribution in [2.45, 2.75) is 133 Å². The van der Waals surface area contributed by atoms with Gasteiger partial charge in [-0.05, 0) is 84.1 Å². The Morgan fingerprint density at radius 3 is 2.52 bits per heavy atom. The molecule has 4 amide bonds. The number of halogens is 3. The number of amides is 4. The molecule has 4 heterocycles. The fourth-order valence-corrected chi connectivity index (χ4v) is 10.1. The summed E-state index contributed by atoms with van der Waals surface area (Å²) in [7, 11) is -4.11. The third-order valence-electron chi connectivity index (χ3n) is 12.2. The summed E-state index contributed by atoms with van der Waals surface area (Å²) in [5.41, 5.74) is -3.44. The molecule has 19 heteroatoms. The van der Waals surface area contributed by atoms with Gasteiger partial charge in [0.2, 0.25) is 21.8 Å². The van der Waals surface area contributed by atoms with E-state index in [0.29, 0.717) is 56.0 Å². The number of nitrogens with zero attached hydrogens (tertiary/aromatic N) is 4. The second kappa shape index (κ2) is 15.7. The number of alkyl halides is 3. The number of hydrogen-bond acceptors (Lipinski definition) is 10. The average Bonchev–Trinajstić information content (AvgIpc) is 3.94. The van der Waals surface area contributed by atoms with Gasteiger partial charge in [-0.3, -0.25) is 29.0 Å². The van der Waals surface area contributed by atoms with Gasteiger partial charge in [0.15, 0.2) is 0 Å². The third kappa shape index (κ3) is 8.43. The van der Waals surface area contributed by atoms with Crippen LogP contribution in [0.4, 0.5) is 18.0 Å². The number of carbonyl (C=O) groups excluding carboxylic acids is 3. The molecule has 3 N–H and O–H groups in total. The van der Waals surface area contributed by atoms with Crippen LogP contribution in [-0.4, -0.2) is 104 Å². The van der Waals surface area contributed by atoms with Gasteiger partial charge in [-0.15, -0.1) is 11.3 Å². The first-order chi connectivity index (χ1) is 27.0. The highest BCUT2D eigenvalue weighted by Gasteiger charge is 2.64. The number of nitrogens with one attached hydrogen (secondary N) is 2. The number of carboxylic acid groups (broad SMARTS) is 1. The molecule has 2 aromatic rings. The first-order valence-corrected chi connectivity index (χ1v) is 21.9. The molecule has 4 aliphatic rings. The van der Waals surface area contributed by atoms with Gasteiger partial charge in [-0.2, -0.15) is 13.2 Å². The van der Waals surface area contributed by atoms with Gasteiger partial charge in [0.1, 0.15) is 45.7 Å². The minimum absolute atomic E-state index is 0.0621. The largest absolute Gasteiger partial charge is 0.488 e. The molecule has 0 aromatic carbocycles. The number of fused-ring (bicyclic) bond motifs is 2. The minimum Gasteiger partial charge on any atom is -0.488 e. The Morgan fingerprint density at radius 1 is 1.21 bits per heavy atom. The lowest BCUT2D eigenvalue weighted by molar-refractivity contribution is -0.222. The second-order valence-corrected chi connectivity index (χ2v) is 20.0. The van der Waals surface area contributed by atoms with Crippen molar-refractivity contribution in [2.75, 3.05) is 6.54 Å². The van der Waals surface area contributed by atoms with Crippen LogP contribution in [-0.2, 0) is 24.4 Å². The molecule has 14 nitrogen and oxygen atoms in total. The Morgan fingerprint density at radius 2 is 1.91 bits per heavy atom. The lowest BCUT2D eigenvalue weighted by atomic mass is 9.82. The average molecular weight is 853 g/mol. The van der Waals surface area contributed by atoms with Crippen molar-refractivity contribution in [1.29, 1.82) is 0 Å². The highest BCUT2D eigenvalue weighted by molar-refractivity contribution is 7.91. The number of aromatic nitrogens is 2. The van der Waals surface area contributed by atoms with Gasteiger partial charge in [-0.1, -0.05) is 32.4 Å². The molecule has 2 aliphatic carbocycles. The van der Waals surface area contributed by atoms with E-state index in [-0.39, 0.29) is 43.0 Å². The molecule has 0 spiro atoms. The van der Waals surface area contributed by atoms with Crippen LogP contribution in [0.3, 0.4) is 0 Å². The third-order valence-corrected chi connectivity index (χ3v) is 15.4. The molecule has 3 fully saturated rings. The predicted molar refractivity (Wildman–Crippen MR) is 208 cm³/mol. The maximum atomic E-state index is 15.1. The van der Waals surface area contributed by atoms with Crippen LogP contribution in [0.15, 0.2) is 35.9 Å². The fraction of sp³-hybridized carbons (Fsp3) is 0.641. The molecule has 0 unspecified atom stereocenters. The highest BCUT2D eigenvalue weighted by Crippen LogP contribution is 2.48. The van der Waals surface area contributed by atoms with Gasteiger partial charge in [0.25, 0.3) is 5.91 Å². The van der Waals surface area contributed by atoms with Crippen molar-refractivity contribution in [2.24, 2.45) is 17.8 Å². The topological polar surface area (TPSA) is 188 Å². The molecular weight excluding hydrogens is 802 g/mol. The van der Waals surface area contributed by atoms with Crippen LogP contribution < -0.4 is 14.8 Å². The van der Waals surface area contributed by atoms with Crippen LogP contribution in [0.5, 0.6) is 5.75 Å². The van der Waals surface area contributed by atoms with E-state index in [0.717, 1.165) is 10.6 Å². The highest BCUT2D eigenvalue weighted by atomic mass is 32.2. The van der Waals surface area contributed by atoms with E-state index in [1.54, 1.807) is 25.1 Å². The molecule has 2 aliphatic heterocycles. The summed E-state index contributed by atoms with van der Waals surface area (Å²) in [5.74, 6) is -4.15. The number of rotatable bonds is 9. The number of allylic oxidation sites excluding steroid dienone is 1. The first kappa shape index (κ1) is 43.3. The van der Waals surface area contributed by atoms with E-state index in [9.17, 15) is 41.1 Å². The summed E-state index contributed by atoms with van der Waals surface area (Å²) in [6, 6.07) is -0.113. The molecule has 7 atom stereocenters. The summed E-state index contributed by atoms with van der Waals surface area (Å²) >= 11 is 1.37. The van der Waals surface area contributed by atoms with Crippen LogP contribution in [0.1, 0.15) is 91.7 Å². The van der Waals surface area contributed by atoms with Crippen LogP contribution in [0, 0.1) is 24.7 Å². The molecule has 0 bridgehead atoms. The maximum Gasteiger partial charge on any atom is 0.411 e. The maximum absolute atomic E-state index is 15.1. The summed E-state index contributed by atoms with van der Waals surface area (Å²) in [6.45, 7) is 8.01. The van der Waals surface area contributed by atoms with E-state index in [2.05, 4.69) is 20.0 Å². The monoisotopic (exact) mass is 852 g/mol. The van der Waals surface area contributed by atoms with E-state index >= 15 is 4.79 Å². The van der Waals surface area contributed by atoms with Gasteiger partial charge < -0.3 is 20.1 Å². The Bertz CT molecular complexity index is 2070. The number of ether oxygens (including phenoxy) is 1. The van der Waals surface area contributed by atoms with Crippen LogP contribution in [0.2, 0.25) is 0 Å². The van der Waals surface area contributed by atoms with Crippen molar-refractivity contribution in [3.8, 4) is 16.5 Å². The minimum atomic E-state index is -5.08. The number of hydrogen-bond donors (Lipinski definition) is 3. The van der Waals surface area contributed by atoms with Crippen molar-refractivity contribution in [3.05, 3.63) is 41.6 Å². The number of carbonyl (C=O) groups is 4. The number of thiazole rings is 1. The quantitative estimate of drug-likeness (QED) is 0.259. The first-order valence-electron chi connectivity index (χ1n) is 19.5. The van der Waals surface area contributed by atoms with Crippen LogP contribution in [0.25, 0.3) is 10.7 Å². The summed E-state index contributed by atoms with van der Waals surface area (Å²) in [6.07, 6.45) is -0.955. The Labute approximate surface area is 340 Å². The van der Waals surface area contributed by atoms with E-state index in [1.807, 2.05) is 25.3 Å². The van der Waals surface area contributed by atoms with Gasteiger partial charge in [0, 0.05) is 35.7 Å². The van der Waals surface area contributed by atoms with Crippen molar-refractivity contribution in [1.82, 2.24) is 29.8 Å². The summed E-state index contributed by atoms with van der Waals surface area (Å²) < 4.78 is 78.1. The lowest BCUT2D eigenvalue weighted by Crippen LogP contribution is -2.66. The molecule has 2 aromatic heterocycles. The molecule has 6 rings (SSSR count). The lowest BCUT2D eigenvalue weighted by Gasteiger charge is -2.46. The van der Waals surface area contributed by atoms with Crippen molar-refractivity contribution >= 4 is 45.2 Å². The number of sulfonamides is 1. The smallest absolute Gasteiger partial charge is 0.411 e.